The Kier molecular flexibility index (Phi) is 4.21. The van der Waals surface area contributed by atoms with Crippen LogP contribution in [0.5, 0.6) is 5.75 Å². The summed E-state index contributed by atoms with van der Waals surface area (Å²) in [6.07, 6.45) is 1.32. The zero-order chi connectivity index (χ0) is 14.6. The molecule has 6 nitrogen and oxygen atoms in total. The van der Waals surface area contributed by atoms with E-state index in [-0.39, 0.29) is 11.6 Å². The Balaban J connectivity index is 2.25. The van der Waals surface area contributed by atoms with Gasteiger partial charge in [0.05, 0.1) is 19.4 Å². The number of hydrogen-bond acceptors (Lipinski definition) is 5. The first-order chi connectivity index (χ1) is 9.55. The molecule has 0 bridgehead atoms. The first-order valence-corrected chi connectivity index (χ1v) is 7.26. The van der Waals surface area contributed by atoms with E-state index in [0.29, 0.717) is 17.0 Å². The summed E-state index contributed by atoms with van der Waals surface area (Å²) in [5.41, 5.74) is 0.933. The summed E-state index contributed by atoms with van der Waals surface area (Å²) in [4.78, 5) is 3.82. The Morgan fingerprint density at radius 2 is 2.10 bits per heavy atom. The standard InChI is InChI=1S/C13H14N2O4S/c1-19-12-4-2-3-11(7-12)15-20(17,18)13-6-5-10(9-16)8-14-13/h2-8,15-16H,9H2,1H3. The number of pyridine rings is 1. The van der Waals surface area contributed by atoms with Gasteiger partial charge in [-0.15, -0.1) is 0 Å². The van der Waals surface area contributed by atoms with Crippen LogP contribution in [0.4, 0.5) is 5.69 Å². The van der Waals surface area contributed by atoms with Gasteiger partial charge >= 0.3 is 0 Å². The van der Waals surface area contributed by atoms with Crippen molar-refractivity contribution < 1.29 is 18.3 Å². The second-order valence-electron chi connectivity index (χ2n) is 4.00. The molecule has 7 heteroatoms. The van der Waals surface area contributed by atoms with Gasteiger partial charge in [0.15, 0.2) is 5.03 Å². The predicted octanol–water partition coefficient (Wildman–Crippen LogP) is 1.38. The van der Waals surface area contributed by atoms with Crippen LogP contribution >= 0.6 is 0 Å². The van der Waals surface area contributed by atoms with Gasteiger partial charge in [-0.05, 0) is 23.8 Å². The van der Waals surface area contributed by atoms with Crippen LogP contribution in [0.25, 0.3) is 0 Å². The molecule has 2 N–H and O–H groups in total. The molecule has 106 valence electrons. The quantitative estimate of drug-likeness (QED) is 0.869. The van der Waals surface area contributed by atoms with Gasteiger partial charge in [0.2, 0.25) is 0 Å². The highest BCUT2D eigenvalue weighted by Gasteiger charge is 2.15. The number of sulfonamides is 1. The minimum absolute atomic E-state index is 0.113. The van der Waals surface area contributed by atoms with Crippen molar-refractivity contribution in [3.8, 4) is 5.75 Å². The van der Waals surface area contributed by atoms with Crippen molar-refractivity contribution in [1.82, 2.24) is 4.98 Å². The fourth-order valence-electron chi connectivity index (χ4n) is 1.56. The Morgan fingerprint density at radius 3 is 2.70 bits per heavy atom. The van der Waals surface area contributed by atoms with Crippen molar-refractivity contribution in [2.75, 3.05) is 11.8 Å². The lowest BCUT2D eigenvalue weighted by Crippen LogP contribution is -2.14. The van der Waals surface area contributed by atoms with Crippen molar-refractivity contribution in [1.29, 1.82) is 0 Å². The fourth-order valence-corrected chi connectivity index (χ4v) is 2.54. The number of benzene rings is 1. The summed E-state index contributed by atoms with van der Waals surface area (Å²) in [7, 11) is -2.26. The molecule has 0 fully saturated rings. The molecule has 0 aliphatic carbocycles. The number of nitrogens with one attached hydrogen (secondary N) is 1. The minimum Gasteiger partial charge on any atom is -0.497 e. The highest BCUT2D eigenvalue weighted by atomic mass is 32.2. The topological polar surface area (TPSA) is 88.5 Å². The monoisotopic (exact) mass is 294 g/mol. The largest absolute Gasteiger partial charge is 0.497 e. The van der Waals surface area contributed by atoms with Crippen LogP contribution < -0.4 is 9.46 Å². The third-order valence-electron chi connectivity index (χ3n) is 2.58. The number of methoxy groups -OCH3 is 1. The van der Waals surface area contributed by atoms with Crippen LogP contribution in [-0.2, 0) is 16.6 Å². The van der Waals surface area contributed by atoms with E-state index in [2.05, 4.69) is 9.71 Å². The first kappa shape index (κ1) is 14.3. The van der Waals surface area contributed by atoms with Crippen LogP contribution in [0.1, 0.15) is 5.56 Å². The van der Waals surface area contributed by atoms with E-state index >= 15 is 0 Å². The number of rotatable bonds is 5. The van der Waals surface area contributed by atoms with Crippen molar-refractivity contribution in [2.45, 2.75) is 11.6 Å². The number of aliphatic hydroxyl groups excluding tert-OH is 1. The molecular weight excluding hydrogens is 280 g/mol. The summed E-state index contributed by atoms with van der Waals surface area (Å²) in [5.74, 6) is 0.550. The molecule has 0 saturated heterocycles. The van der Waals surface area contributed by atoms with Crippen LogP contribution in [-0.4, -0.2) is 25.6 Å². The van der Waals surface area contributed by atoms with Crippen LogP contribution in [0.3, 0.4) is 0 Å². The number of nitrogens with zero attached hydrogens (tertiary/aromatic N) is 1. The molecule has 0 atom stereocenters. The molecular formula is C13H14N2O4S. The molecule has 0 spiro atoms. The molecule has 0 unspecified atom stereocenters. The zero-order valence-electron chi connectivity index (χ0n) is 10.8. The average Bonchev–Trinajstić information content (AvgIpc) is 2.47. The maximum atomic E-state index is 12.1. The summed E-state index contributed by atoms with van der Waals surface area (Å²) < 4.78 is 31.7. The van der Waals surface area contributed by atoms with E-state index in [1.54, 1.807) is 24.3 Å². The smallest absolute Gasteiger partial charge is 0.279 e. The third-order valence-corrected chi connectivity index (χ3v) is 3.87. The summed E-state index contributed by atoms with van der Waals surface area (Å²) in [6.45, 7) is -0.184. The predicted molar refractivity (Wildman–Crippen MR) is 74.0 cm³/mol. The maximum Gasteiger partial charge on any atom is 0.279 e. The summed E-state index contributed by atoms with van der Waals surface area (Å²) >= 11 is 0. The first-order valence-electron chi connectivity index (χ1n) is 5.78. The molecule has 1 aromatic heterocycles. The van der Waals surface area contributed by atoms with Crippen LogP contribution in [0.15, 0.2) is 47.6 Å². The van der Waals surface area contributed by atoms with Crippen LogP contribution in [0, 0.1) is 0 Å². The lowest BCUT2D eigenvalue weighted by molar-refractivity contribution is 0.281. The molecule has 0 aliphatic heterocycles. The lowest BCUT2D eigenvalue weighted by Gasteiger charge is -2.08. The second kappa shape index (κ2) is 5.89. The van der Waals surface area contributed by atoms with Crippen LogP contribution in [0.2, 0.25) is 0 Å². The van der Waals surface area contributed by atoms with E-state index in [1.165, 1.54) is 25.4 Å². The molecule has 2 rings (SSSR count). The van der Waals surface area contributed by atoms with Gasteiger partial charge in [-0.2, -0.15) is 8.42 Å². The van der Waals surface area contributed by atoms with Gasteiger partial charge in [0, 0.05) is 12.3 Å². The average molecular weight is 294 g/mol. The minimum atomic E-state index is -3.76. The lowest BCUT2D eigenvalue weighted by atomic mass is 10.3. The van der Waals surface area contributed by atoms with E-state index in [4.69, 9.17) is 9.84 Å². The number of ether oxygens (including phenoxy) is 1. The van der Waals surface area contributed by atoms with E-state index in [1.807, 2.05) is 0 Å². The number of aliphatic hydroxyl groups is 1. The molecule has 1 aromatic carbocycles. The van der Waals surface area contributed by atoms with Gasteiger partial charge in [-0.3, -0.25) is 4.72 Å². The second-order valence-corrected chi connectivity index (χ2v) is 5.63. The van der Waals surface area contributed by atoms with Crippen molar-refractivity contribution >= 4 is 15.7 Å². The highest BCUT2D eigenvalue weighted by Crippen LogP contribution is 2.19. The Labute approximate surface area is 117 Å². The van der Waals surface area contributed by atoms with Crippen molar-refractivity contribution in [2.24, 2.45) is 0 Å². The maximum absolute atomic E-state index is 12.1. The van der Waals surface area contributed by atoms with Gasteiger partial charge in [-0.1, -0.05) is 12.1 Å². The number of anilines is 1. The molecule has 0 saturated carbocycles. The fraction of sp³-hybridized carbons (Fsp3) is 0.154. The summed E-state index contributed by atoms with van der Waals surface area (Å²) in [5, 5.41) is 8.79. The molecule has 0 amide bonds. The SMILES string of the molecule is COc1cccc(NS(=O)(=O)c2ccc(CO)cn2)c1. The molecule has 0 aliphatic rings. The molecule has 2 aromatic rings. The number of hydrogen-bond donors (Lipinski definition) is 2. The normalized spacial score (nSPS) is 11.1. The molecule has 1 heterocycles. The molecule has 0 radical (unpaired) electrons. The Bertz CT molecular complexity index is 684. The van der Waals surface area contributed by atoms with Crippen molar-refractivity contribution in [3.63, 3.8) is 0 Å². The van der Waals surface area contributed by atoms with E-state index in [0.717, 1.165) is 0 Å². The Morgan fingerprint density at radius 1 is 1.30 bits per heavy atom. The van der Waals surface area contributed by atoms with Gasteiger partial charge in [0.1, 0.15) is 5.75 Å². The Hall–Kier alpha value is -2.12. The van der Waals surface area contributed by atoms with Crippen molar-refractivity contribution in [3.05, 3.63) is 48.2 Å². The van der Waals surface area contributed by atoms with Gasteiger partial charge < -0.3 is 9.84 Å². The summed E-state index contributed by atoms with van der Waals surface area (Å²) in [6, 6.07) is 9.42. The highest BCUT2D eigenvalue weighted by molar-refractivity contribution is 7.92. The number of aromatic nitrogens is 1. The van der Waals surface area contributed by atoms with Gasteiger partial charge in [0.25, 0.3) is 10.0 Å². The van der Waals surface area contributed by atoms with E-state index in [9.17, 15) is 8.42 Å². The third kappa shape index (κ3) is 3.25. The zero-order valence-corrected chi connectivity index (χ0v) is 11.6. The van der Waals surface area contributed by atoms with E-state index < -0.39 is 10.0 Å². The van der Waals surface area contributed by atoms with Gasteiger partial charge in [-0.25, -0.2) is 4.98 Å². The molecule has 20 heavy (non-hydrogen) atoms.